The second-order valence-electron chi connectivity index (χ2n) is 5.87. The Kier molecular flexibility index (Phi) is 3.92. The molecule has 0 radical (unpaired) electrons. The lowest BCUT2D eigenvalue weighted by Crippen LogP contribution is -2.36. The first-order valence-corrected chi connectivity index (χ1v) is 7.69. The van der Waals surface area contributed by atoms with E-state index in [4.69, 9.17) is 0 Å². The van der Waals surface area contributed by atoms with Gasteiger partial charge in [0.05, 0.1) is 6.04 Å². The van der Waals surface area contributed by atoms with Gasteiger partial charge in [-0.15, -0.1) is 0 Å². The van der Waals surface area contributed by atoms with Crippen LogP contribution >= 0.6 is 0 Å². The van der Waals surface area contributed by atoms with E-state index in [1.54, 1.807) is 10.9 Å². The molecule has 1 amide bonds. The predicted octanol–water partition coefficient (Wildman–Crippen LogP) is 2.04. The van der Waals surface area contributed by atoms with E-state index in [1.165, 1.54) is 0 Å². The van der Waals surface area contributed by atoms with E-state index in [9.17, 15) is 4.79 Å². The number of aryl methyl sites for hydroxylation is 3. The molecule has 116 valence electrons. The highest BCUT2D eigenvalue weighted by atomic mass is 16.2. The van der Waals surface area contributed by atoms with Crippen LogP contribution in [0.15, 0.2) is 18.5 Å². The molecule has 0 saturated heterocycles. The number of carbonyl (C=O) groups excluding carboxylic acids is 1. The monoisotopic (exact) mass is 299 g/mol. The number of hydrogen-bond acceptors (Lipinski definition) is 4. The quantitative estimate of drug-likeness (QED) is 0.941. The summed E-state index contributed by atoms with van der Waals surface area (Å²) in [7, 11) is 0. The molecule has 1 N–H and O–H groups in total. The zero-order valence-electron chi connectivity index (χ0n) is 13.2. The summed E-state index contributed by atoms with van der Waals surface area (Å²) in [6, 6.07) is 1.57. The third-order valence-corrected chi connectivity index (χ3v) is 4.23. The third kappa shape index (κ3) is 2.73. The molecule has 0 bridgehead atoms. The average Bonchev–Trinajstić information content (AvgIpc) is 2.92. The summed E-state index contributed by atoms with van der Waals surface area (Å²) in [5.74, 6) is 0.761. The molecule has 0 unspecified atom stereocenters. The first-order valence-electron chi connectivity index (χ1n) is 7.69. The maximum atomic E-state index is 12.5. The molecule has 2 aromatic heterocycles. The van der Waals surface area contributed by atoms with Gasteiger partial charge in [0.1, 0.15) is 11.9 Å². The van der Waals surface area contributed by atoms with Gasteiger partial charge in [0.25, 0.3) is 0 Å². The van der Waals surface area contributed by atoms with Crippen LogP contribution in [-0.2, 0) is 11.2 Å². The van der Waals surface area contributed by atoms with Crippen LogP contribution in [0.5, 0.6) is 0 Å². The fraction of sp³-hybridized carbons (Fsp3) is 0.500. The number of aromatic nitrogens is 4. The lowest BCUT2D eigenvalue weighted by molar-refractivity contribution is -0.125. The number of rotatable bonds is 3. The van der Waals surface area contributed by atoms with Crippen LogP contribution in [0.25, 0.3) is 0 Å². The van der Waals surface area contributed by atoms with Gasteiger partial charge in [0.2, 0.25) is 5.91 Å². The van der Waals surface area contributed by atoms with Crippen molar-refractivity contribution in [3.8, 4) is 0 Å². The predicted molar refractivity (Wildman–Crippen MR) is 82.3 cm³/mol. The molecule has 0 aromatic carbocycles. The lowest BCUT2D eigenvalue weighted by atomic mass is 9.92. The largest absolute Gasteiger partial charge is 0.347 e. The SMILES string of the molecule is Cc1ncc2c(n1)CCC[C@H]2NC(=O)[C@H](C)n1nccc1C. The normalized spacial score (nSPS) is 18.6. The Morgan fingerprint density at radius 1 is 1.45 bits per heavy atom. The van der Waals surface area contributed by atoms with Gasteiger partial charge in [-0.25, -0.2) is 9.97 Å². The average molecular weight is 299 g/mol. The van der Waals surface area contributed by atoms with Crippen molar-refractivity contribution in [1.82, 2.24) is 25.1 Å². The number of amides is 1. The van der Waals surface area contributed by atoms with Gasteiger partial charge in [-0.3, -0.25) is 9.48 Å². The summed E-state index contributed by atoms with van der Waals surface area (Å²) in [5, 5.41) is 7.35. The smallest absolute Gasteiger partial charge is 0.245 e. The van der Waals surface area contributed by atoms with Crippen molar-refractivity contribution in [3.05, 3.63) is 41.2 Å². The van der Waals surface area contributed by atoms with Crippen LogP contribution in [0.4, 0.5) is 0 Å². The minimum absolute atomic E-state index is 0.00447. The molecule has 1 aliphatic carbocycles. The molecule has 2 atom stereocenters. The fourth-order valence-electron chi connectivity index (χ4n) is 2.99. The van der Waals surface area contributed by atoms with E-state index in [2.05, 4.69) is 20.4 Å². The summed E-state index contributed by atoms with van der Waals surface area (Å²) in [4.78, 5) is 21.3. The molecular formula is C16H21N5O. The van der Waals surface area contributed by atoms with Crippen molar-refractivity contribution in [2.45, 2.75) is 52.1 Å². The summed E-state index contributed by atoms with van der Waals surface area (Å²) in [6.45, 7) is 5.71. The highest BCUT2D eigenvalue weighted by Crippen LogP contribution is 2.28. The molecule has 2 aromatic rings. The Morgan fingerprint density at radius 2 is 2.27 bits per heavy atom. The maximum Gasteiger partial charge on any atom is 0.245 e. The van der Waals surface area contributed by atoms with Gasteiger partial charge in [-0.1, -0.05) is 0 Å². The molecule has 0 spiro atoms. The molecule has 6 nitrogen and oxygen atoms in total. The minimum Gasteiger partial charge on any atom is -0.347 e. The van der Waals surface area contributed by atoms with E-state index in [1.807, 2.05) is 33.0 Å². The molecule has 3 rings (SSSR count). The van der Waals surface area contributed by atoms with E-state index in [-0.39, 0.29) is 18.0 Å². The highest BCUT2D eigenvalue weighted by Gasteiger charge is 2.26. The van der Waals surface area contributed by atoms with E-state index >= 15 is 0 Å². The Hall–Kier alpha value is -2.24. The highest BCUT2D eigenvalue weighted by molar-refractivity contribution is 5.80. The molecule has 0 aliphatic heterocycles. The van der Waals surface area contributed by atoms with Gasteiger partial charge in [-0.2, -0.15) is 5.10 Å². The van der Waals surface area contributed by atoms with Crippen molar-refractivity contribution >= 4 is 5.91 Å². The summed E-state index contributed by atoms with van der Waals surface area (Å²) < 4.78 is 1.74. The van der Waals surface area contributed by atoms with Crippen molar-refractivity contribution in [1.29, 1.82) is 0 Å². The molecule has 0 saturated carbocycles. The third-order valence-electron chi connectivity index (χ3n) is 4.23. The lowest BCUT2D eigenvalue weighted by Gasteiger charge is -2.27. The topological polar surface area (TPSA) is 72.7 Å². The second-order valence-corrected chi connectivity index (χ2v) is 5.87. The van der Waals surface area contributed by atoms with Crippen LogP contribution in [-0.4, -0.2) is 25.7 Å². The van der Waals surface area contributed by atoms with Gasteiger partial charge >= 0.3 is 0 Å². The van der Waals surface area contributed by atoms with Gasteiger partial charge in [0, 0.05) is 29.3 Å². The van der Waals surface area contributed by atoms with Crippen LogP contribution in [0, 0.1) is 13.8 Å². The van der Waals surface area contributed by atoms with E-state index in [0.29, 0.717) is 0 Å². The van der Waals surface area contributed by atoms with Gasteiger partial charge in [0.15, 0.2) is 0 Å². The Labute approximate surface area is 130 Å². The number of carbonyl (C=O) groups is 1. The molecular weight excluding hydrogens is 278 g/mol. The number of fused-ring (bicyclic) bond motifs is 1. The van der Waals surface area contributed by atoms with Gasteiger partial charge < -0.3 is 5.32 Å². The molecule has 0 fully saturated rings. The summed E-state index contributed by atoms with van der Waals surface area (Å²) in [5.41, 5.74) is 3.09. The molecule has 2 heterocycles. The summed E-state index contributed by atoms with van der Waals surface area (Å²) >= 11 is 0. The Bertz CT molecular complexity index is 694. The number of nitrogens with one attached hydrogen (secondary N) is 1. The number of hydrogen-bond donors (Lipinski definition) is 1. The van der Waals surface area contributed by atoms with Crippen molar-refractivity contribution in [2.75, 3.05) is 0 Å². The molecule has 1 aliphatic rings. The van der Waals surface area contributed by atoms with Crippen LogP contribution in [0.1, 0.15) is 54.6 Å². The van der Waals surface area contributed by atoms with Crippen LogP contribution in [0.2, 0.25) is 0 Å². The molecule has 6 heteroatoms. The zero-order chi connectivity index (χ0) is 15.7. The first-order chi connectivity index (χ1) is 10.6. The van der Waals surface area contributed by atoms with Gasteiger partial charge in [-0.05, 0) is 46.1 Å². The Balaban J connectivity index is 1.77. The number of nitrogens with zero attached hydrogens (tertiary/aromatic N) is 4. The molecule has 22 heavy (non-hydrogen) atoms. The van der Waals surface area contributed by atoms with E-state index < -0.39 is 0 Å². The first kappa shape index (κ1) is 14.7. The minimum atomic E-state index is -0.327. The van der Waals surface area contributed by atoms with Crippen molar-refractivity contribution in [2.24, 2.45) is 0 Å². The maximum absolute atomic E-state index is 12.5. The fourth-order valence-corrected chi connectivity index (χ4v) is 2.99. The zero-order valence-corrected chi connectivity index (χ0v) is 13.2. The van der Waals surface area contributed by atoms with Crippen molar-refractivity contribution in [3.63, 3.8) is 0 Å². The van der Waals surface area contributed by atoms with Crippen LogP contribution in [0.3, 0.4) is 0 Å². The van der Waals surface area contributed by atoms with Crippen LogP contribution < -0.4 is 5.32 Å². The van der Waals surface area contributed by atoms with E-state index in [0.717, 1.165) is 42.0 Å². The standard InChI is InChI=1S/C16H21N5O/c1-10-7-8-18-21(10)11(2)16(22)20-15-6-4-5-14-13(15)9-17-12(3)19-14/h7-9,11,15H,4-6H2,1-3H3,(H,20,22)/t11-,15+/m0/s1. The Morgan fingerprint density at radius 3 is 3.00 bits per heavy atom. The van der Waals surface area contributed by atoms with Crippen molar-refractivity contribution < 1.29 is 4.79 Å². The second kappa shape index (κ2) is 5.87. The summed E-state index contributed by atoms with van der Waals surface area (Å²) in [6.07, 6.45) is 6.48.